The predicted molar refractivity (Wildman–Crippen MR) is 114 cm³/mol. The van der Waals surface area contributed by atoms with E-state index >= 15 is 0 Å². The van der Waals surface area contributed by atoms with Crippen LogP contribution in [0.15, 0.2) is 66.3 Å². The SMILES string of the molecule is O=C(Nc1cc(OCc2ccc3c(c2)OCO3)ncn1)c1csc(-c2ccccc2)n1. The number of carbonyl (C=O) groups excluding carboxylic acids is 1. The van der Waals surface area contributed by atoms with E-state index in [4.69, 9.17) is 14.2 Å². The summed E-state index contributed by atoms with van der Waals surface area (Å²) < 4.78 is 16.4. The molecule has 154 valence electrons. The van der Waals surface area contributed by atoms with E-state index in [9.17, 15) is 4.79 Å². The van der Waals surface area contributed by atoms with Crippen LogP contribution in [0.2, 0.25) is 0 Å². The molecular weight excluding hydrogens is 416 g/mol. The minimum atomic E-state index is -0.348. The van der Waals surface area contributed by atoms with Gasteiger partial charge in [-0.3, -0.25) is 4.79 Å². The van der Waals surface area contributed by atoms with E-state index in [1.165, 1.54) is 17.7 Å². The summed E-state index contributed by atoms with van der Waals surface area (Å²) in [6.07, 6.45) is 1.33. The molecule has 0 saturated carbocycles. The van der Waals surface area contributed by atoms with E-state index in [0.29, 0.717) is 28.9 Å². The molecule has 0 aliphatic carbocycles. The van der Waals surface area contributed by atoms with E-state index in [-0.39, 0.29) is 19.3 Å². The van der Waals surface area contributed by atoms with Gasteiger partial charge < -0.3 is 19.5 Å². The molecule has 0 saturated heterocycles. The number of nitrogens with one attached hydrogen (secondary N) is 1. The fourth-order valence-electron chi connectivity index (χ4n) is 2.95. The minimum Gasteiger partial charge on any atom is -0.473 e. The molecule has 1 amide bonds. The van der Waals surface area contributed by atoms with Gasteiger partial charge in [-0.25, -0.2) is 15.0 Å². The molecule has 8 nitrogen and oxygen atoms in total. The van der Waals surface area contributed by atoms with Crippen molar-refractivity contribution in [3.05, 3.63) is 77.6 Å². The Hall–Kier alpha value is -3.98. The number of anilines is 1. The molecule has 5 rings (SSSR count). The Morgan fingerprint density at radius 3 is 2.84 bits per heavy atom. The van der Waals surface area contributed by atoms with Crippen molar-refractivity contribution in [2.24, 2.45) is 0 Å². The summed E-state index contributed by atoms with van der Waals surface area (Å²) in [5, 5.41) is 5.23. The average Bonchev–Trinajstić information content (AvgIpc) is 3.48. The van der Waals surface area contributed by atoms with Crippen LogP contribution >= 0.6 is 11.3 Å². The number of nitrogens with zero attached hydrogens (tertiary/aromatic N) is 3. The molecule has 3 heterocycles. The highest BCUT2D eigenvalue weighted by Crippen LogP contribution is 2.32. The van der Waals surface area contributed by atoms with Crippen molar-refractivity contribution in [1.29, 1.82) is 0 Å². The van der Waals surface area contributed by atoms with Crippen molar-refractivity contribution >= 4 is 23.1 Å². The molecule has 1 aliphatic heterocycles. The third kappa shape index (κ3) is 4.31. The zero-order valence-corrected chi connectivity index (χ0v) is 17.0. The quantitative estimate of drug-likeness (QED) is 0.489. The third-order valence-electron chi connectivity index (χ3n) is 4.46. The third-order valence-corrected chi connectivity index (χ3v) is 5.36. The standard InChI is InChI=1S/C22H16N4O4S/c27-21(16-11-31-22(25-16)15-4-2-1-3-5-15)26-19-9-20(24-12-23-19)28-10-14-6-7-17-18(8-14)30-13-29-17/h1-9,11-12H,10,13H2,(H,23,24,26,27). The number of hydrogen-bond acceptors (Lipinski definition) is 8. The van der Waals surface area contributed by atoms with Gasteiger partial charge >= 0.3 is 0 Å². The van der Waals surface area contributed by atoms with Crippen molar-refractivity contribution in [1.82, 2.24) is 15.0 Å². The average molecular weight is 432 g/mol. The lowest BCUT2D eigenvalue weighted by molar-refractivity contribution is 0.102. The van der Waals surface area contributed by atoms with Crippen molar-refractivity contribution in [3.8, 4) is 28.0 Å². The first-order chi connectivity index (χ1) is 15.2. The first kappa shape index (κ1) is 19.0. The van der Waals surface area contributed by atoms with Gasteiger partial charge in [0.25, 0.3) is 5.91 Å². The van der Waals surface area contributed by atoms with Crippen molar-refractivity contribution < 1.29 is 19.0 Å². The number of ether oxygens (including phenoxy) is 3. The second-order valence-corrected chi connectivity index (χ2v) is 7.43. The summed E-state index contributed by atoms with van der Waals surface area (Å²) in [7, 11) is 0. The molecule has 0 spiro atoms. The largest absolute Gasteiger partial charge is 0.473 e. The Bertz CT molecular complexity index is 1230. The van der Waals surface area contributed by atoms with Gasteiger partial charge in [-0.05, 0) is 17.7 Å². The van der Waals surface area contributed by atoms with Crippen molar-refractivity contribution in [3.63, 3.8) is 0 Å². The van der Waals surface area contributed by atoms with E-state index in [0.717, 1.165) is 16.1 Å². The molecular formula is C22H16N4O4S. The Balaban J connectivity index is 1.23. The number of hydrogen-bond donors (Lipinski definition) is 1. The van der Waals surface area contributed by atoms with Crippen LogP contribution in [0, 0.1) is 0 Å². The van der Waals surface area contributed by atoms with Crippen LogP contribution in [-0.2, 0) is 6.61 Å². The minimum absolute atomic E-state index is 0.223. The molecule has 0 unspecified atom stereocenters. The predicted octanol–water partition coefficient (Wildman–Crippen LogP) is 4.16. The van der Waals surface area contributed by atoms with Gasteiger partial charge in [0.15, 0.2) is 11.5 Å². The fourth-order valence-corrected chi connectivity index (χ4v) is 3.75. The summed E-state index contributed by atoms with van der Waals surface area (Å²) in [6.45, 7) is 0.508. The summed E-state index contributed by atoms with van der Waals surface area (Å²) >= 11 is 1.41. The molecule has 0 atom stereocenters. The monoisotopic (exact) mass is 432 g/mol. The highest BCUT2D eigenvalue weighted by atomic mass is 32.1. The normalized spacial score (nSPS) is 11.9. The van der Waals surface area contributed by atoms with Crippen LogP contribution < -0.4 is 19.5 Å². The maximum atomic E-state index is 12.6. The highest BCUT2D eigenvalue weighted by Gasteiger charge is 2.15. The number of carbonyl (C=O) groups is 1. The smallest absolute Gasteiger partial charge is 0.276 e. The number of rotatable bonds is 6. The zero-order chi connectivity index (χ0) is 21.0. The molecule has 1 N–H and O–H groups in total. The lowest BCUT2D eigenvalue weighted by Gasteiger charge is -2.08. The van der Waals surface area contributed by atoms with Crippen molar-refractivity contribution in [2.45, 2.75) is 6.61 Å². The molecule has 2 aromatic heterocycles. The van der Waals surface area contributed by atoms with Gasteiger partial charge in [-0.2, -0.15) is 0 Å². The molecule has 0 radical (unpaired) electrons. The Morgan fingerprint density at radius 2 is 1.94 bits per heavy atom. The molecule has 4 aromatic rings. The van der Waals surface area contributed by atoms with Crippen LogP contribution in [0.25, 0.3) is 10.6 Å². The van der Waals surface area contributed by atoms with Crippen LogP contribution in [0.3, 0.4) is 0 Å². The Morgan fingerprint density at radius 1 is 1.06 bits per heavy atom. The second-order valence-electron chi connectivity index (χ2n) is 6.58. The van der Waals surface area contributed by atoms with Crippen LogP contribution in [0.4, 0.5) is 5.82 Å². The lowest BCUT2D eigenvalue weighted by Crippen LogP contribution is -2.13. The van der Waals surface area contributed by atoms with Crippen LogP contribution in [-0.4, -0.2) is 27.7 Å². The number of benzene rings is 2. The maximum absolute atomic E-state index is 12.6. The first-order valence-corrected chi connectivity index (χ1v) is 10.3. The maximum Gasteiger partial charge on any atom is 0.276 e. The molecule has 0 fully saturated rings. The Kier molecular flexibility index (Phi) is 5.16. The zero-order valence-electron chi connectivity index (χ0n) is 16.1. The summed E-state index contributed by atoms with van der Waals surface area (Å²) in [5.74, 6) is 1.73. The van der Waals surface area contributed by atoms with E-state index in [1.807, 2.05) is 48.5 Å². The molecule has 0 bridgehead atoms. The Labute approximate surface area is 181 Å². The van der Waals surface area contributed by atoms with Gasteiger partial charge in [0, 0.05) is 17.0 Å². The molecule has 9 heteroatoms. The number of thiazole rings is 1. The van der Waals surface area contributed by atoms with Crippen molar-refractivity contribution in [2.75, 3.05) is 12.1 Å². The highest BCUT2D eigenvalue weighted by molar-refractivity contribution is 7.13. The molecule has 2 aromatic carbocycles. The summed E-state index contributed by atoms with van der Waals surface area (Å²) in [5.41, 5.74) is 2.20. The van der Waals surface area contributed by atoms with Gasteiger partial charge in [0.2, 0.25) is 12.7 Å². The fraction of sp³-hybridized carbons (Fsp3) is 0.0909. The summed E-state index contributed by atoms with van der Waals surface area (Å²) in [6, 6.07) is 16.9. The topological polar surface area (TPSA) is 95.5 Å². The van der Waals surface area contributed by atoms with E-state index in [1.54, 1.807) is 11.4 Å². The van der Waals surface area contributed by atoms with Gasteiger partial charge in [0.1, 0.15) is 29.5 Å². The van der Waals surface area contributed by atoms with E-state index in [2.05, 4.69) is 20.3 Å². The van der Waals surface area contributed by atoms with Crippen LogP contribution in [0.5, 0.6) is 17.4 Å². The van der Waals surface area contributed by atoms with Gasteiger partial charge in [-0.1, -0.05) is 36.4 Å². The van der Waals surface area contributed by atoms with Gasteiger partial charge in [-0.15, -0.1) is 11.3 Å². The number of amides is 1. The van der Waals surface area contributed by atoms with E-state index < -0.39 is 0 Å². The first-order valence-electron chi connectivity index (χ1n) is 9.40. The summed E-state index contributed by atoms with van der Waals surface area (Å²) in [4.78, 5) is 25.2. The number of aromatic nitrogens is 3. The number of fused-ring (bicyclic) bond motifs is 1. The van der Waals surface area contributed by atoms with Gasteiger partial charge in [0.05, 0.1) is 0 Å². The lowest BCUT2D eigenvalue weighted by atomic mass is 10.2. The van der Waals surface area contributed by atoms with Crippen LogP contribution in [0.1, 0.15) is 16.1 Å². The molecule has 1 aliphatic rings. The second kappa shape index (κ2) is 8.41. The molecule has 31 heavy (non-hydrogen) atoms.